The molecule has 2 aromatic heterocycles. The Kier molecular flexibility index (Phi) is 4.57. The van der Waals surface area contributed by atoms with E-state index in [2.05, 4.69) is 10.1 Å². The second kappa shape index (κ2) is 6.83. The van der Waals surface area contributed by atoms with Crippen LogP contribution >= 0.6 is 0 Å². The number of hydrogen-bond donors (Lipinski definition) is 1. The average molecular weight is 357 g/mol. The van der Waals surface area contributed by atoms with E-state index in [0.29, 0.717) is 22.8 Å². The largest absolute Gasteiger partial charge is 0.497 e. The molecule has 0 bridgehead atoms. The van der Waals surface area contributed by atoms with Gasteiger partial charge in [0.05, 0.1) is 26.1 Å². The number of aromatic carboxylic acids is 1. The third-order valence-corrected chi connectivity index (χ3v) is 3.95. The summed E-state index contributed by atoms with van der Waals surface area (Å²) in [6.45, 7) is 0. The summed E-state index contributed by atoms with van der Waals surface area (Å²) in [5.41, 5.74) is 0.887. The van der Waals surface area contributed by atoms with Crippen molar-refractivity contribution in [2.24, 2.45) is 7.05 Å². The van der Waals surface area contributed by atoms with Crippen LogP contribution in [0.5, 0.6) is 11.5 Å². The van der Waals surface area contributed by atoms with Crippen LogP contribution in [0, 0.1) is 5.82 Å². The van der Waals surface area contributed by atoms with Crippen molar-refractivity contribution in [2.45, 2.75) is 0 Å². The molecular weight excluding hydrogens is 341 g/mol. The number of hydrogen-bond acceptors (Lipinski definition) is 5. The first-order valence-electron chi connectivity index (χ1n) is 7.60. The molecule has 1 N–H and O–H groups in total. The van der Waals surface area contributed by atoms with Crippen LogP contribution in [0.4, 0.5) is 4.39 Å². The van der Waals surface area contributed by atoms with Crippen LogP contribution in [0.15, 0.2) is 36.7 Å². The SMILES string of the molecule is COc1ccc(OC)c(-c2c(-c3ccncc3F)c(C(=O)O)nn2C)c1. The van der Waals surface area contributed by atoms with E-state index in [1.807, 2.05) is 0 Å². The van der Waals surface area contributed by atoms with Gasteiger partial charge < -0.3 is 14.6 Å². The lowest BCUT2D eigenvalue weighted by Crippen LogP contribution is -2.01. The molecule has 1 aromatic carbocycles. The minimum absolute atomic E-state index is 0.0883. The third-order valence-electron chi connectivity index (χ3n) is 3.95. The summed E-state index contributed by atoms with van der Waals surface area (Å²) in [7, 11) is 4.59. The van der Waals surface area contributed by atoms with E-state index >= 15 is 0 Å². The Balaban J connectivity index is 2.40. The molecule has 7 nitrogen and oxygen atoms in total. The van der Waals surface area contributed by atoms with Gasteiger partial charge in [-0.2, -0.15) is 5.10 Å². The van der Waals surface area contributed by atoms with E-state index in [1.54, 1.807) is 25.2 Å². The first-order valence-corrected chi connectivity index (χ1v) is 7.60. The van der Waals surface area contributed by atoms with Crippen LogP contribution in [0.1, 0.15) is 10.5 Å². The molecule has 8 heteroatoms. The molecule has 0 atom stereocenters. The summed E-state index contributed by atoms with van der Waals surface area (Å²) in [5, 5.41) is 13.6. The molecule has 0 saturated carbocycles. The Morgan fingerprint density at radius 3 is 2.58 bits per heavy atom. The molecule has 0 aliphatic heterocycles. The molecule has 2 heterocycles. The normalized spacial score (nSPS) is 10.6. The lowest BCUT2D eigenvalue weighted by atomic mass is 9.98. The molecule has 0 spiro atoms. The molecular formula is C18H16FN3O4. The predicted molar refractivity (Wildman–Crippen MR) is 91.9 cm³/mol. The highest BCUT2D eigenvalue weighted by molar-refractivity contribution is 5.99. The molecule has 0 amide bonds. The maximum absolute atomic E-state index is 14.4. The van der Waals surface area contributed by atoms with Crippen LogP contribution in [0.2, 0.25) is 0 Å². The molecule has 0 fully saturated rings. The smallest absolute Gasteiger partial charge is 0.357 e. The zero-order valence-electron chi connectivity index (χ0n) is 14.4. The van der Waals surface area contributed by atoms with Gasteiger partial charge in [-0.25, -0.2) is 9.18 Å². The fraction of sp³-hybridized carbons (Fsp3) is 0.167. The van der Waals surface area contributed by atoms with Crippen LogP contribution in [0.25, 0.3) is 22.4 Å². The first kappa shape index (κ1) is 17.4. The highest BCUT2D eigenvalue weighted by Gasteiger charge is 2.27. The Labute approximate surface area is 148 Å². The molecule has 0 unspecified atom stereocenters. The minimum Gasteiger partial charge on any atom is -0.497 e. The number of carbonyl (C=O) groups is 1. The maximum atomic E-state index is 14.4. The fourth-order valence-corrected chi connectivity index (χ4v) is 2.81. The van der Waals surface area contributed by atoms with Gasteiger partial charge >= 0.3 is 5.97 Å². The fourth-order valence-electron chi connectivity index (χ4n) is 2.81. The zero-order valence-corrected chi connectivity index (χ0v) is 14.4. The van der Waals surface area contributed by atoms with Crippen LogP contribution in [-0.4, -0.2) is 40.1 Å². The summed E-state index contributed by atoms with van der Waals surface area (Å²) in [4.78, 5) is 15.4. The number of aromatic nitrogens is 3. The van der Waals surface area contributed by atoms with E-state index < -0.39 is 11.8 Å². The molecule has 0 aliphatic carbocycles. The molecule has 3 rings (SSSR count). The average Bonchev–Trinajstić information content (AvgIpc) is 2.98. The second-order valence-electron chi connectivity index (χ2n) is 5.42. The molecule has 26 heavy (non-hydrogen) atoms. The number of pyridine rings is 1. The molecule has 3 aromatic rings. The van der Waals surface area contributed by atoms with Gasteiger partial charge in [0.1, 0.15) is 17.3 Å². The lowest BCUT2D eigenvalue weighted by molar-refractivity contribution is 0.0690. The number of carboxylic acid groups (broad SMARTS) is 1. The highest BCUT2D eigenvalue weighted by atomic mass is 19.1. The van der Waals surface area contributed by atoms with Crippen molar-refractivity contribution in [1.82, 2.24) is 14.8 Å². The Hall–Kier alpha value is -3.42. The zero-order chi connectivity index (χ0) is 18.8. The lowest BCUT2D eigenvalue weighted by Gasteiger charge is -2.13. The third kappa shape index (κ3) is 2.85. The molecule has 134 valence electrons. The number of aryl methyl sites for hydroxylation is 1. The number of ether oxygens (including phenoxy) is 2. The van der Waals surface area contributed by atoms with Crippen molar-refractivity contribution in [1.29, 1.82) is 0 Å². The predicted octanol–water partition coefficient (Wildman–Crippen LogP) is 3.00. The van der Waals surface area contributed by atoms with Crippen LogP contribution in [-0.2, 0) is 7.05 Å². The number of benzene rings is 1. The van der Waals surface area contributed by atoms with E-state index in [0.717, 1.165) is 6.20 Å². The summed E-state index contributed by atoms with van der Waals surface area (Å²) in [6.07, 6.45) is 2.42. The first-order chi connectivity index (χ1) is 12.5. The van der Waals surface area contributed by atoms with Gasteiger partial charge in [-0.1, -0.05) is 0 Å². The summed E-state index contributed by atoms with van der Waals surface area (Å²) < 4.78 is 26.4. The van der Waals surface area contributed by atoms with E-state index in [4.69, 9.17) is 9.47 Å². The highest BCUT2D eigenvalue weighted by Crippen LogP contribution is 2.41. The monoisotopic (exact) mass is 357 g/mol. The number of methoxy groups -OCH3 is 2. The topological polar surface area (TPSA) is 86.5 Å². The number of rotatable bonds is 5. The van der Waals surface area contributed by atoms with E-state index in [9.17, 15) is 14.3 Å². The van der Waals surface area contributed by atoms with Crippen molar-refractivity contribution in [2.75, 3.05) is 14.2 Å². The maximum Gasteiger partial charge on any atom is 0.357 e. The van der Waals surface area contributed by atoms with Gasteiger partial charge in [0.15, 0.2) is 5.69 Å². The molecule has 0 radical (unpaired) electrons. The number of carboxylic acids is 1. The van der Waals surface area contributed by atoms with E-state index in [-0.39, 0.29) is 16.8 Å². The van der Waals surface area contributed by atoms with Gasteiger partial charge in [0.2, 0.25) is 0 Å². The summed E-state index contributed by atoms with van der Waals surface area (Å²) >= 11 is 0. The van der Waals surface area contributed by atoms with Crippen LogP contribution < -0.4 is 9.47 Å². The van der Waals surface area contributed by atoms with Gasteiger partial charge in [0, 0.05) is 29.9 Å². The van der Waals surface area contributed by atoms with Crippen molar-refractivity contribution < 1.29 is 23.8 Å². The van der Waals surface area contributed by atoms with Gasteiger partial charge in [-0.15, -0.1) is 0 Å². The standard InChI is InChI=1S/C18H16FN3O4/c1-22-17(12-8-10(25-2)4-5-14(12)26-3)15(16(21-22)18(23)24)11-6-7-20-9-13(11)19/h4-9H,1-3H3,(H,23,24). The quantitative estimate of drug-likeness (QED) is 0.755. The Morgan fingerprint density at radius 1 is 1.19 bits per heavy atom. The van der Waals surface area contributed by atoms with Gasteiger partial charge in [-0.05, 0) is 24.3 Å². The van der Waals surface area contributed by atoms with Crippen molar-refractivity contribution in [3.8, 4) is 33.9 Å². The Morgan fingerprint density at radius 2 is 1.96 bits per heavy atom. The Bertz CT molecular complexity index is 985. The van der Waals surface area contributed by atoms with Crippen molar-refractivity contribution in [3.63, 3.8) is 0 Å². The minimum atomic E-state index is -1.26. The summed E-state index contributed by atoms with van der Waals surface area (Å²) in [6, 6.07) is 6.50. The second-order valence-corrected chi connectivity index (χ2v) is 5.42. The van der Waals surface area contributed by atoms with Crippen LogP contribution in [0.3, 0.4) is 0 Å². The van der Waals surface area contributed by atoms with Crippen molar-refractivity contribution >= 4 is 5.97 Å². The van der Waals surface area contributed by atoms with Gasteiger partial charge in [-0.3, -0.25) is 9.67 Å². The van der Waals surface area contributed by atoms with E-state index in [1.165, 1.54) is 31.2 Å². The van der Waals surface area contributed by atoms with Gasteiger partial charge in [0.25, 0.3) is 0 Å². The molecule has 0 aliphatic rings. The van der Waals surface area contributed by atoms with Crippen molar-refractivity contribution in [3.05, 3.63) is 48.2 Å². The number of nitrogens with zero attached hydrogens (tertiary/aromatic N) is 3. The molecule has 0 saturated heterocycles. The summed E-state index contributed by atoms with van der Waals surface area (Å²) in [5.74, 6) is -0.896. The number of halogens is 1.